The van der Waals surface area contributed by atoms with Crippen molar-refractivity contribution < 1.29 is 27.1 Å². The van der Waals surface area contributed by atoms with Crippen molar-refractivity contribution in [2.24, 2.45) is 0 Å². The Balaban J connectivity index is 1.57. The summed E-state index contributed by atoms with van der Waals surface area (Å²) in [5.41, 5.74) is 0.248. The topological polar surface area (TPSA) is 92.8 Å². The Morgan fingerprint density at radius 3 is 2.53 bits per heavy atom. The minimum atomic E-state index is -3.62. The van der Waals surface area contributed by atoms with Crippen molar-refractivity contribution in [3.63, 3.8) is 0 Å². The summed E-state index contributed by atoms with van der Waals surface area (Å²) >= 11 is 5.86. The van der Waals surface area contributed by atoms with Crippen molar-refractivity contribution in [2.75, 3.05) is 25.0 Å². The lowest BCUT2D eigenvalue weighted by atomic mass is 10.1. The van der Waals surface area contributed by atoms with Crippen molar-refractivity contribution in [1.29, 1.82) is 0 Å². The SMILES string of the molecule is O=C(COC(=O)Cc1c(F)cccc1Cl)Nc1cccc(S(=O)(=O)N2CCCC2)c1. The number of carbonyl (C=O) groups excluding carboxylic acids is 2. The highest BCUT2D eigenvalue weighted by Gasteiger charge is 2.27. The smallest absolute Gasteiger partial charge is 0.310 e. The van der Waals surface area contributed by atoms with Crippen LogP contribution in [0.25, 0.3) is 0 Å². The van der Waals surface area contributed by atoms with Gasteiger partial charge in [0.25, 0.3) is 5.91 Å². The lowest BCUT2D eigenvalue weighted by Gasteiger charge is -2.16. The van der Waals surface area contributed by atoms with Crippen LogP contribution in [0.2, 0.25) is 5.02 Å². The molecule has 0 spiro atoms. The molecule has 1 heterocycles. The monoisotopic (exact) mass is 454 g/mol. The molecule has 1 amide bonds. The number of ether oxygens (including phenoxy) is 1. The van der Waals surface area contributed by atoms with Crippen LogP contribution >= 0.6 is 11.6 Å². The van der Waals surface area contributed by atoms with E-state index >= 15 is 0 Å². The number of benzene rings is 2. The highest BCUT2D eigenvalue weighted by Crippen LogP contribution is 2.23. The van der Waals surface area contributed by atoms with Crippen molar-refractivity contribution in [3.8, 4) is 0 Å². The predicted molar refractivity (Wildman–Crippen MR) is 109 cm³/mol. The summed E-state index contributed by atoms with van der Waals surface area (Å²) in [6.45, 7) is 0.343. The highest BCUT2D eigenvalue weighted by molar-refractivity contribution is 7.89. The van der Waals surface area contributed by atoms with Gasteiger partial charge in [-0.15, -0.1) is 0 Å². The van der Waals surface area contributed by atoms with Gasteiger partial charge in [0.2, 0.25) is 10.0 Å². The average molecular weight is 455 g/mol. The van der Waals surface area contributed by atoms with Crippen molar-refractivity contribution in [3.05, 3.63) is 58.9 Å². The van der Waals surface area contributed by atoms with Gasteiger partial charge >= 0.3 is 5.97 Å². The summed E-state index contributed by atoms with van der Waals surface area (Å²) in [6, 6.07) is 9.89. The molecule has 1 aliphatic heterocycles. The Hall–Kier alpha value is -2.49. The number of carbonyl (C=O) groups is 2. The first-order chi connectivity index (χ1) is 14.3. The van der Waals surface area contributed by atoms with Crippen LogP contribution in [-0.2, 0) is 30.8 Å². The van der Waals surface area contributed by atoms with Gasteiger partial charge in [-0.3, -0.25) is 9.59 Å². The third-order valence-electron chi connectivity index (χ3n) is 4.57. The maximum absolute atomic E-state index is 13.7. The molecule has 2 aromatic carbocycles. The molecule has 10 heteroatoms. The predicted octanol–water partition coefficient (Wildman–Crippen LogP) is 2.99. The van der Waals surface area contributed by atoms with E-state index < -0.39 is 40.7 Å². The zero-order chi connectivity index (χ0) is 21.7. The Kier molecular flexibility index (Phi) is 7.06. The van der Waals surface area contributed by atoms with Gasteiger partial charge in [-0.25, -0.2) is 12.8 Å². The average Bonchev–Trinajstić information content (AvgIpc) is 3.25. The number of halogens is 2. The summed E-state index contributed by atoms with van der Waals surface area (Å²) < 4.78 is 45.2. The van der Waals surface area contributed by atoms with Crippen LogP contribution < -0.4 is 5.32 Å². The summed E-state index contributed by atoms with van der Waals surface area (Å²) in [6.07, 6.45) is 1.22. The number of nitrogens with one attached hydrogen (secondary N) is 1. The minimum absolute atomic E-state index is 0.00982. The molecule has 0 saturated carbocycles. The molecular weight excluding hydrogens is 435 g/mol. The third kappa shape index (κ3) is 5.35. The molecule has 1 fully saturated rings. The first-order valence-electron chi connectivity index (χ1n) is 9.26. The molecule has 0 unspecified atom stereocenters. The van der Waals surface area contributed by atoms with Crippen LogP contribution in [0.15, 0.2) is 47.4 Å². The van der Waals surface area contributed by atoms with E-state index in [1.807, 2.05) is 0 Å². The second kappa shape index (κ2) is 9.55. The summed E-state index contributed by atoms with van der Waals surface area (Å²) in [5, 5.41) is 2.58. The maximum Gasteiger partial charge on any atom is 0.310 e. The standard InChI is InChI=1S/C20H20ClFN2O5S/c21-17-7-4-8-18(22)16(17)12-20(26)29-13-19(25)23-14-5-3-6-15(11-14)30(27,28)24-9-1-2-10-24/h3-8,11H,1-2,9-10,12-13H2,(H,23,25). The van der Waals surface area contributed by atoms with E-state index in [4.69, 9.17) is 16.3 Å². The number of anilines is 1. The number of sulfonamides is 1. The van der Waals surface area contributed by atoms with Gasteiger partial charge in [0.15, 0.2) is 6.61 Å². The van der Waals surface area contributed by atoms with Crippen molar-refractivity contribution in [2.45, 2.75) is 24.2 Å². The number of hydrogen-bond acceptors (Lipinski definition) is 5. The molecule has 7 nitrogen and oxygen atoms in total. The highest BCUT2D eigenvalue weighted by atomic mass is 35.5. The van der Waals surface area contributed by atoms with Gasteiger partial charge in [-0.05, 0) is 43.2 Å². The summed E-state index contributed by atoms with van der Waals surface area (Å²) in [4.78, 5) is 24.0. The van der Waals surface area contributed by atoms with E-state index in [-0.39, 0.29) is 21.2 Å². The van der Waals surface area contributed by atoms with E-state index in [9.17, 15) is 22.4 Å². The van der Waals surface area contributed by atoms with Crippen LogP contribution in [0.5, 0.6) is 0 Å². The lowest BCUT2D eigenvalue weighted by Crippen LogP contribution is -2.28. The van der Waals surface area contributed by atoms with Crippen LogP contribution in [0.1, 0.15) is 18.4 Å². The maximum atomic E-state index is 13.7. The molecule has 160 valence electrons. The fourth-order valence-electron chi connectivity index (χ4n) is 3.05. The zero-order valence-corrected chi connectivity index (χ0v) is 17.5. The molecule has 0 radical (unpaired) electrons. The Morgan fingerprint density at radius 2 is 1.83 bits per heavy atom. The molecule has 0 atom stereocenters. The number of nitrogens with zero attached hydrogens (tertiary/aromatic N) is 1. The van der Waals surface area contributed by atoms with E-state index in [1.54, 1.807) is 0 Å². The zero-order valence-electron chi connectivity index (χ0n) is 15.9. The van der Waals surface area contributed by atoms with Crippen LogP contribution in [0.3, 0.4) is 0 Å². The molecule has 3 rings (SSSR count). The molecule has 1 aliphatic rings. The van der Waals surface area contributed by atoms with Gasteiger partial charge in [0, 0.05) is 29.4 Å². The fraction of sp³-hybridized carbons (Fsp3) is 0.300. The van der Waals surface area contributed by atoms with Gasteiger partial charge in [0.05, 0.1) is 11.3 Å². The lowest BCUT2D eigenvalue weighted by molar-refractivity contribution is -0.146. The molecule has 2 aromatic rings. The van der Waals surface area contributed by atoms with E-state index in [1.165, 1.54) is 46.8 Å². The summed E-state index contributed by atoms with van der Waals surface area (Å²) in [7, 11) is -3.62. The number of amides is 1. The van der Waals surface area contributed by atoms with Gasteiger partial charge in [-0.1, -0.05) is 23.7 Å². The van der Waals surface area contributed by atoms with Crippen LogP contribution in [0, 0.1) is 5.82 Å². The second-order valence-corrected chi connectivity index (χ2v) is 9.07. The quantitative estimate of drug-likeness (QED) is 0.649. The first-order valence-corrected chi connectivity index (χ1v) is 11.1. The van der Waals surface area contributed by atoms with E-state index in [0.717, 1.165) is 12.8 Å². The van der Waals surface area contributed by atoms with Crippen LogP contribution in [0.4, 0.5) is 10.1 Å². The first kappa shape index (κ1) is 22.2. The number of esters is 1. The van der Waals surface area contributed by atoms with Crippen LogP contribution in [-0.4, -0.2) is 44.3 Å². The Morgan fingerprint density at radius 1 is 1.13 bits per heavy atom. The summed E-state index contributed by atoms with van der Waals surface area (Å²) in [5.74, 6) is -2.11. The van der Waals surface area contributed by atoms with Gasteiger partial charge in [-0.2, -0.15) is 4.31 Å². The normalized spacial score (nSPS) is 14.5. The Bertz CT molecular complexity index is 1030. The number of hydrogen-bond donors (Lipinski definition) is 1. The van der Waals surface area contributed by atoms with E-state index in [0.29, 0.717) is 13.1 Å². The molecule has 0 bridgehead atoms. The molecule has 30 heavy (non-hydrogen) atoms. The molecule has 1 N–H and O–H groups in total. The molecular formula is C20H20ClFN2O5S. The van der Waals surface area contributed by atoms with Crippen molar-refractivity contribution in [1.82, 2.24) is 4.31 Å². The van der Waals surface area contributed by atoms with Gasteiger partial charge < -0.3 is 10.1 Å². The minimum Gasteiger partial charge on any atom is -0.455 e. The third-order valence-corrected chi connectivity index (χ3v) is 6.82. The Labute approximate surface area is 178 Å². The molecule has 0 aliphatic carbocycles. The fourth-order valence-corrected chi connectivity index (χ4v) is 4.84. The largest absolute Gasteiger partial charge is 0.455 e. The molecule has 0 aromatic heterocycles. The van der Waals surface area contributed by atoms with Crippen molar-refractivity contribution >= 4 is 39.2 Å². The molecule has 1 saturated heterocycles. The van der Waals surface area contributed by atoms with Gasteiger partial charge in [0.1, 0.15) is 5.82 Å². The number of rotatable bonds is 7. The van der Waals surface area contributed by atoms with E-state index in [2.05, 4.69) is 5.32 Å². The second-order valence-electron chi connectivity index (χ2n) is 6.72.